The molecule has 0 saturated heterocycles. The maximum Gasteiger partial charge on any atom is 0.0152 e. The van der Waals surface area contributed by atoms with Crippen LogP contribution in [0.1, 0.15) is 30.5 Å². The van der Waals surface area contributed by atoms with Gasteiger partial charge >= 0.3 is 0 Å². The molecule has 0 aliphatic heterocycles. The molecule has 26 heavy (non-hydrogen) atoms. The lowest BCUT2D eigenvalue weighted by Gasteiger charge is -2.20. The highest BCUT2D eigenvalue weighted by atomic mass is 14.4. The Morgan fingerprint density at radius 1 is 0.769 bits per heavy atom. The lowest BCUT2D eigenvalue weighted by molar-refractivity contribution is 0.663. The summed E-state index contributed by atoms with van der Waals surface area (Å²) in [7, 11) is 0. The van der Waals surface area contributed by atoms with Gasteiger partial charge in [-0.05, 0) is 45.4 Å². The van der Waals surface area contributed by atoms with E-state index >= 15 is 0 Å². The Morgan fingerprint density at radius 3 is 2.12 bits per heavy atom. The standard InChI is InChI=1S/C26H24/c1-19-23(24-11-7-8-12-25(24)26(19,2)3)18-15-20-13-16-22(17-14-20)21-9-5-4-6-10-21/h4-14,16-18H,1,15H2,2-3H3. The predicted molar refractivity (Wildman–Crippen MR) is 112 cm³/mol. The van der Waals surface area contributed by atoms with Crippen LogP contribution in [0.3, 0.4) is 0 Å². The Morgan fingerprint density at radius 2 is 1.38 bits per heavy atom. The molecule has 0 radical (unpaired) electrons. The quantitative estimate of drug-likeness (QED) is 0.492. The van der Waals surface area contributed by atoms with Crippen molar-refractivity contribution in [3.8, 4) is 11.1 Å². The second kappa shape index (κ2) is 6.46. The number of rotatable bonds is 3. The Labute approximate surface area is 156 Å². The topological polar surface area (TPSA) is 0 Å². The molecule has 4 rings (SSSR count). The van der Waals surface area contributed by atoms with Crippen LogP contribution in [0.4, 0.5) is 0 Å². The summed E-state index contributed by atoms with van der Waals surface area (Å²) in [6, 6.07) is 28.1. The number of allylic oxidation sites excluding steroid dienone is 3. The van der Waals surface area contributed by atoms with E-state index in [-0.39, 0.29) is 5.41 Å². The Kier molecular flexibility index (Phi) is 4.12. The molecular weight excluding hydrogens is 312 g/mol. The molecule has 3 aromatic carbocycles. The van der Waals surface area contributed by atoms with Crippen LogP contribution in [0.15, 0.2) is 97.1 Å². The van der Waals surface area contributed by atoms with E-state index in [9.17, 15) is 0 Å². The van der Waals surface area contributed by atoms with Gasteiger partial charge in [-0.25, -0.2) is 0 Å². The van der Waals surface area contributed by atoms with Gasteiger partial charge in [0.15, 0.2) is 0 Å². The van der Waals surface area contributed by atoms with Crippen LogP contribution >= 0.6 is 0 Å². The zero-order valence-electron chi connectivity index (χ0n) is 15.5. The van der Waals surface area contributed by atoms with Crippen LogP contribution in [0, 0.1) is 0 Å². The van der Waals surface area contributed by atoms with Crippen molar-refractivity contribution in [2.45, 2.75) is 25.7 Å². The monoisotopic (exact) mass is 336 g/mol. The molecule has 0 unspecified atom stereocenters. The van der Waals surface area contributed by atoms with Crippen molar-refractivity contribution in [1.29, 1.82) is 0 Å². The van der Waals surface area contributed by atoms with E-state index in [1.165, 1.54) is 39.0 Å². The first-order chi connectivity index (χ1) is 12.6. The highest BCUT2D eigenvalue weighted by molar-refractivity contribution is 5.89. The first kappa shape index (κ1) is 16.6. The Hall–Kier alpha value is -2.86. The third-order valence-electron chi connectivity index (χ3n) is 5.57. The fraction of sp³-hybridized carbons (Fsp3) is 0.154. The molecule has 1 aliphatic carbocycles. The van der Waals surface area contributed by atoms with Gasteiger partial charge < -0.3 is 0 Å². The van der Waals surface area contributed by atoms with E-state index in [0.717, 1.165) is 6.42 Å². The maximum atomic E-state index is 4.40. The highest BCUT2D eigenvalue weighted by Gasteiger charge is 2.36. The summed E-state index contributed by atoms with van der Waals surface area (Å²) in [5.41, 5.74) is 9.11. The minimum absolute atomic E-state index is 0.0135. The van der Waals surface area contributed by atoms with E-state index in [4.69, 9.17) is 0 Å². The van der Waals surface area contributed by atoms with Gasteiger partial charge in [-0.3, -0.25) is 0 Å². The predicted octanol–water partition coefficient (Wildman–Crippen LogP) is 6.83. The summed E-state index contributed by atoms with van der Waals surface area (Å²) in [4.78, 5) is 0. The molecule has 3 aromatic rings. The summed E-state index contributed by atoms with van der Waals surface area (Å²) in [5, 5.41) is 0. The van der Waals surface area contributed by atoms with E-state index in [1.807, 2.05) is 0 Å². The number of hydrogen-bond acceptors (Lipinski definition) is 0. The van der Waals surface area contributed by atoms with Gasteiger partial charge in [0, 0.05) is 5.41 Å². The summed E-state index contributed by atoms with van der Waals surface area (Å²) >= 11 is 0. The lowest BCUT2D eigenvalue weighted by atomic mass is 9.83. The third kappa shape index (κ3) is 2.82. The van der Waals surface area contributed by atoms with Crippen molar-refractivity contribution >= 4 is 5.57 Å². The molecule has 0 amide bonds. The largest absolute Gasteiger partial charge is 0.0943 e. The van der Waals surface area contributed by atoms with Gasteiger partial charge in [0.2, 0.25) is 0 Å². The number of fused-ring (bicyclic) bond motifs is 1. The second-order valence-corrected chi connectivity index (χ2v) is 7.53. The van der Waals surface area contributed by atoms with Crippen molar-refractivity contribution in [3.05, 3.63) is 114 Å². The number of hydrogen-bond donors (Lipinski definition) is 0. The molecule has 0 N–H and O–H groups in total. The molecule has 1 aliphatic rings. The van der Waals surface area contributed by atoms with Crippen LogP contribution in [-0.4, -0.2) is 0 Å². The zero-order chi connectivity index (χ0) is 18.1. The van der Waals surface area contributed by atoms with Crippen LogP contribution in [0.5, 0.6) is 0 Å². The van der Waals surface area contributed by atoms with Crippen molar-refractivity contribution in [1.82, 2.24) is 0 Å². The molecule has 0 aromatic heterocycles. The van der Waals surface area contributed by atoms with Crippen molar-refractivity contribution in [2.75, 3.05) is 0 Å². The SMILES string of the molecule is C=C1C(=CCc2ccc(-c3ccccc3)cc2)c2ccccc2C1(C)C. The molecule has 0 fully saturated rings. The third-order valence-corrected chi connectivity index (χ3v) is 5.57. The summed E-state index contributed by atoms with van der Waals surface area (Å²) in [6.45, 7) is 8.94. The average molecular weight is 336 g/mol. The van der Waals surface area contributed by atoms with Gasteiger partial charge in [-0.1, -0.05) is 105 Å². The smallest absolute Gasteiger partial charge is 0.0152 e. The second-order valence-electron chi connectivity index (χ2n) is 7.53. The first-order valence-electron chi connectivity index (χ1n) is 9.21. The van der Waals surface area contributed by atoms with Crippen molar-refractivity contribution in [2.24, 2.45) is 0 Å². The molecule has 0 heterocycles. The molecule has 0 spiro atoms. The van der Waals surface area contributed by atoms with Crippen LogP contribution in [-0.2, 0) is 11.8 Å². The first-order valence-corrected chi connectivity index (χ1v) is 9.21. The van der Waals surface area contributed by atoms with Crippen molar-refractivity contribution in [3.63, 3.8) is 0 Å². The molecule has 0 atom stereocenters. The molecule has 0 heteroatoms. The van der Waals surface area contributed by atoms with Crippen LogP contribution in [0.2, 0.25) is 0 Å². The van der Waals surface area contributed by atoms with E-state index in [2.05, 4.69) is 105 Å². The minimum Gasteiger partial charge on any atom is -0.0943 e. The van der Waals surface area contributed by atoms with Gasteiger partial charge in [-0.2, -0.15) is 0 Å². The van der Waals surface area contributed by atoms with Gasteiger partial charge in [0.1, 0.15) is 0 Å². The molecule has 128 valence electrons. The number of benzene rings is 3. The molecule has 0 nitrogen and oxygen atoms in total. The molecule has 0 saturated carbocycles. The summed E-state index contributed by atoms with van der Waals surface area (Å²) in [5.74, 6) is 0. The fourth-order valence-corrected chi connectivity index (χ4v) is 3.84. The normalized spacial score (nSPS) is 16.7. The van der Waals surface area contributed by atoms with Gasteiger partial charge in [0.25, 0.3) is 0 Å². The van der Waals surface area contributed by atoms with E-state index in [1.54, 1.807) is 0 Å². The van der Waals surface area contributed by atoms with Crippen LogP contribution < -0.4 is 0 Å². The van der Waals surface area contributed by atoms with Gasteiger partial charge in [0.05, 0.1) is 0 Å². The Balaban J connectivity index is 1.60. The molecular formula is C26H24. The fourth-order valence-electron chi connectivity index (χ4n) is 3.84. The summed E-state index contributed by atoms with van der Waals surface area (Å²) < 4.78 is 0. The van der Waals surface area contributed by atoms with Gasteiger partial charge in [-0.15, -0.1) is 0 Å². The maximum absolute atomic E-state index is 4.40. The highest BCUT2D eigenvalue weighted by Crippen LogP contribution is 2.48. The lowest BCUT2D eigenvalue weighted by Crippen LogP contribution is -2.14. The van der Waals surface area contributed by atoms with Crippen molar-refractivity contribution < 1.29 is 0 Å². The summed E-state index contributed by atoms with van der Waals surface area (Å²) in [6.07, 6.45) is 3.27. The average Bonchev–Trinajstić information content (AvgIpc) is 2.88. The zero-order valence-corrected chi connectivity index (χ0v) is 15.5. The van der Waals surface area contributed by atoms with E-state index < -0.39 is 0 Å². The van der Waals surface area contributed by atoms with E-state index in [0.29, 0.717) is 0 Å². The minimum atomic E-state index is 0.0135. The Bertz CT molecular complexity index is 970. The molecule has 0 bridgehead atoms. The van der Waals surface area contributed by atoms with Crippen LogP contribution in [0.25, 0.3) is 16.7 Å².